The van der Waals surface area contributed by atoms with Gasteiger partial charge in [-0.2, -0.15) is 0 Å². The lowest BCUT2D eigenvalue weighted by molar-refractivity contribution is 0.397. The van der Waals surface area contributed by atoms with Gasteiger partial charge in [0.05, 0.1) is 12.0 Å². The molecule has 2 heterocycles. The van der Waals surface area contributed by atoms with Gasteiger partial charge in [0.2, 0.25) is 5.88 Å². The maximum absolute atomic E-state index is 12.6. The minimum absolute atomic E-state index is 0.0365. The molecule has 0 atom stereocenters. The fraction of sp³-hybridized carbons (Fsp3) is 0.0909. The van der Waals surface area contributed by atoms with Crippen LogP contribution in [0.4, 0.5) is 17.2 Å². The first-order valence-electron chi connectivity index (χ1n) is 9.85. The van der Waals surface area contributed by atoms with Crippen molar-refractivity contribution < 1.29 is 17.6 Å². The van der Waals surface area contributed by atoms with Gasteiger partial charge in [0.1, 0.15) is 17.7 Å². The van der Waals surface area contributed by atoms with E-state index in [2.05, 4.69) is 25.3 Å². The Labute approximate surface area is 200 Å². The first kappa shape index (κ1) is 23.1. The van der Waals surface area contributed by atoms with Gasteiger partial charge in [0.15, 0.2) is 5.11 Å². The average Bonchev–Trinajstić information content (AvgIpc) is 2.79. The van der Waals surface area contributed by atoms with Gasteiger partial charge in [-0.15, -0.1) is 0 Å². The second-order valence-electron chi connectivity index (χ2n) is 7.11. The number of aryl methyl sites for hydroxylation is 1. The van der Waals surface area contributed by atoms with Gasteiger partial charge in [0, 0.05) is 35.0 Å². The van der Waals surface area contributed by atoms with E-state index in [-0.39, 0.29) is 21.7 Å². The molecule has 0 spiro atoms. The minimum atomic E-state index is -3.87. The van der Waals surface area contributed by atoms with E-state index < -0.39 is 15.6 Å². The molecule has 0 bridgehead atoms. The van der Waals surface area contributed by atoms with Gasteiger partial charge in [0.25, 0.3) is 10.0 Å². The number of benzene rings is 2. The zero-order chi connectivity index (χ0) is 24.3. The summed E-state index contributed by atoms with van der Waals surface area (Å²) in [5.41, 5.74) is 2.04. The predicted molar refractivity (Wildman–Crippen MR) is 133 cm³/mol. The Hall–Kier alpha value is -4.03. The van der Waals surface area contributed by atoms with E-state index in [9.17, 15) is 13.2 Å². The van der Waals surface area contributed by atoms with Crippen LogP contribution >= 0.6 is 12.2 Å². The van der Waals surface area contributed by atoms with Gasteiger partial charge in [-0.05, 0) is 61.1 Å². The third-order valence-electron chi connectivity index (χ3n) is 4.72. The molecule has 0 aliphatic heterocycles. The molecule has 0 amide bonds. The van der Waals surface area contributed by atoms with Crippen molar-refractivity contribution in [1.82, 2.24) is 9.97 Å². The van der Waals surface area contributed by atoms with Crippen LogP contribution in [0.2, 0.25) is 0 Å². The van der Waals surface area contributed by atoms with E-state index in [1.165, 1.54) is 37.7 Å². The third kappa shape index (κ3) is 5.30. The fourth-order valence-corrected chi connectivity index (χ4v) is 4.35. The van der Waals surface area contributed by atoms with Crippen LogP contribution in [0.1, 0.15) is 5.56 Å². The molecule has 0 saturated carbocycles. The lowest BCUT2D eigenvalue weighted by Gasteiger charge is -2.12. The molecule has 0 saturated heterocycles. The molecule has 2 aromatic carbocycles. The molecular weight excluding hydrogens is 478 g/mol. The second kappa shape index (κ2) is 9.45. The van der Waals surface area contributed by atoms with Crippen molar-refractivity contribution in [3.8, 4) is 5.88 Å². The Balaban J connectivity index is 1.43. The molecule has 4 aromatic rings. The van der Waals surface area contributed by atoms with Crippen molar-refractivity contribution in [2.45, 2.75) is 11.8 Å². The number of aromatic nitrogens is 2. The summed E-state index contributed by atoms with van der Waals surface area (Å²) in [6.45, 7) is 1.84. The zero-order valence-corrected chi connectivity index (χ0v) is 19.7. The summed E-state index contributed by atoms with van der Waals surface area (Å²) in [4.78, 5) is 19.4. The molecule has 10 nitrogen and oxygen atoms in total. The summed E-state index contributed by atoms with van der Waals surface area (Å²) in [5.74, 6) is 0.317. The fourth-order valence-electron chi connectivity index (χ4n) is 3.12. The number of fused-ring (bicyclic) bond motifs is 1. The quantitative estimate of drug-likeness (QED) is 0.268. The van der Waals surface area contributed by atoms with Crippen LogP contribution in [0.15, 0.2) is 75.0 Å². The van der Waals surface area contributed by atoms with E-state index in [1.54, 1.807) is 18.2 Å². The molecule has 4 rings (SSSR count). The number of methoxy groups -OCH3 is 1. The largest absolute Gasteiger partial charge is 0.481 e. The van der Waals surface area contributed by atoms with E-state index in [0.29, 0.717) is 17.0 Å². The minimum Gasteiger partial charge on any atom is -0.481 e. The molecule has 0 aliphatic carbocycles. The Morgan fingerprint density at radius 3 is 2.44 bits per heavy atom. The zero-order valence-electron chi connectivity index (χ0n) is 18.0. The van der Waals surface area contributed by atoms with Gasteiger partial charge in [-0.3, -0.25) is 4.72 Å². The number of thiocarbonyl (C=S) groups is 1. The van der Waals surface area contributed by atoms with Crippen molar-refractivity contribution >= 4 is 55.5 Å². The van der Waals surface area contributed by atoms with Crippen molar-refractivity contribution in [2.24, 2.45) is 0 Å². The summed E-state index contributed by atoms with van der Waals surface area (Å²) in [6, 6.07) is 14.1. The van der Waals surface area contributed by atoms with Crippen LogP contribution in [-0.2, 0) is 10.0 Å². The van der Waals surface area contributed by atoms with Crippen LogP contribution in [0.5, 0.6) is 5.88 Å². The highest BCUT2D eigenvalue weighted by atomic mass is 32.2. The lowest BCUT2D eigenvalue weighted by Crippen LogP contribution is -2.19. The highest BCUT2D eigenvalue weighted by Crippen LogP contribution is 2.22. The number of nitrogens with zero attached hydrogens (tertiary/aromatic N) is 2. The van der Waals surface area contributed by atoms with Crippen LogP contribution in [0, 0.1) is 6.92 Å². The van der Waals surface area contributed by atoms with E-state index in [0.717, 1.165) is 10.9 Å². The third-order valence-corrected chi connectivity index (χ3v) is 6.30. The molecule has 12 heteroatoms. The summed E-state index contributed by atoms with van der Waals surface area (Å²) in [5, 5.41) is 7.09. The van der Waals surface area contributed by atoms with Gasteiger partial charge >= 0.3 is 5.63 Å². The average molecular weight is 498 g/mol. The predicted octanol–water partition coefficient (Wildman–Crippen LogP) is 3.51. The SMILES string of the molecule is COc1cc(NS(=O)(=O)c2ccc(NC(=S)Nc3ccc4c(C)cc(=O)oc4c3)cc2)ncn1. The highest BCUT2D eigenvalue weighted by molar-refractivity contribution is 7.92. The number of sulfonamides is 1. The van der Waals surface area contributed by atoms with Gasteiger partial charge in [-0.25, -0.2) is 23.2 Å². The highest BCUT2D eigenvalue weighted by Gasteiger charge is 2.15. The topological polar surface area (TPSA) is 135 Å². The Bertz CT molecular complexity index is 1540. The summed E-state index contributed by atoms with van der Waals surface area (Å²) in [6.07, 6.45) is 1.20. The van der Waals surface area contributed by atoms with E-state index in [4.69, 9.17) is 21.4 Å². The van der Waals surface area contributed by atoms with Crippen LogP contribution in [0.3, 0.4) is 0 Å². The molecule has 0 unspecified atom stereocenters. The normalized spacial score (nSPS) is 11.1. The standard InChI is InChI=1S/C22H19N5O5S2/c1-13-9-21(28)32-18-10-15(5-8-17(13)18)26-22(33)25-14-3-6-16(7-4-14)34(29,30)27-19-11-20(31-2)24-12-23-19/h3-12H,1-2H3,(H,23,24,27)(H2,25,26,33). The summed E-state index contributed by atoms with van der Waals surface area (Å²) >= 11 is 5.34. The molecular formula is C22H19N5O5S2. The van der Waals surface area contributed by atoms with Crippen molar-refractivity contribution in [1.29, 1.82) is 0 Å². The van der Waals surface area contributed by atoms with E-state index in [1.807, 2.05) is 19.1 Å². The van der Waals surface area contributed by atoms with E-state index >= 15 is 0 Å². The van der Waals surface area contributed by atoms with Crippen LogP contribution in [-0.4, -0.2) is 30.6 Å². The Morgan fingerprint density at radius 1 is 1.00 bits per heavy atom. The second-order valence-corrected chi connectivity index (χ2v) is 9.20. The molecule has 174 valence electrons. The number of hydrogen-bond acceptors (Lipinski definition) is 8. The monoisotopic (exact) mass is 497 g/mol. The maximum Gasteiger partial charge on any atom is 0.336 e. The van der Waals surface area contributed by atoms with Crippen molar-refractivity contribution in [2.75, 3.05) is 22.5 Å². The maximum atomic E-state index is 12.6. The number of rotatable bonds is 6. The summed E-state index contributed by atoms with van der Waals surface area (Å²) < 4.78 is 37.9. The number of hydrogen-bond donors (Lipinski definition) is 3. The lowest BCUT2D eigenvalue weighted by atomic mass is 10.1. The Kier molecular flexibility index (Phi) is 6.43. The number of nitrogens with one attached hydrogen (secondary N) is 3. The molecule has 0 aliphatic rings. The van der Waals surface area contributed by atoms with Crippen LogP contribution in [0.25, 0.3) is 11.0 Å². The number of anilines is 3. The first-order chi connectivity index (χ1) is 16.2. The number of ether oxygens (including phenoxy) is 1. The molecule has 2 aromatic heterocycles. The smallest absolute Gasteiger partial charge is 0.336 e. The molecule has 0 radical (unpaired) electrons. The Morgan fingerprint density at radius 2 is 1.71 bits per heavy atom. The van der Waals surface area contributed by atoms with Gasteiger partial charge < -0.3 is 19.8 Å². The van der Waals surface area contributed by atoms with Gasteiger partial charge in [-0.1, -0.05) is 0 Å². The van der Waals surface area contributed by atoms with Crippen molar-refractivity contribution in [3.05, 3.63) is 76.9 Å². The van der Waals surface area contributed by atoms with Crippen LogP contribution < -0.4 is 25.7 Å². The van der Waals surface area contributed by atoms with Crippen molar-refractivity contribution in [3.63, 3.8) is 0 Å². The first-order valence-corrected chi connectivity index (χ1v) is 11.7. The molecule has 34 heavy (non-hydrogen) atoms. The molecule has 0 fully saturated rings. The summed E-state index contributed by atoms with van der Waals surface area (Å²) in [7, 11) is -2.45. The molecule has 3 N–H and O–H groups in total.